The van der Waals surface area contributed by atoms with E-state index in [9.17, 15) is 4.39 Å². The van der Waals surface area contributed by atoms with Crippen LogP contribution in [-0.2, 0) is 0 Å². The van der Waals surface area contributed by atoms with Crippen molar-refractivity contribution in [2.24, 2.45) is 5.41 Å². The molecular formula is C14H22ClFN4. The van der Waals surface area contributed by atoms with Gasteiger partial charge < -0.3 is 21.7 Å². The number of benzene rings is 1. The Morgan fingerprint density at radius 3 is 2.55 bits per heavy atom. The molecule has 1 aromatic carbocycles. The van der Waals surface area contributed by atoms with Crippen LogP contribution in [0.3, 0.4) is 0 Å². The second kappa shape index (κ2) is 5.66. The van der Waals surface area contributed by atoms with Crippen molar-refractivity contribution in [2.45, 2.75) is 19.8 Å². The normalized spacial score (nSPS) is 19.0. The smallest absolute Gasteiger partial charge is 0.169 e. The van der Waals surface area contributed by atoms with Gasteiger partial charge in [0.15, 0.2) is 5.82 Å². The maximum atomic E-state index is 14.1. The lowest BCUT2D eigenvalue weighted by atomic mass is 9.80. The second-order valence-electron chi connectivity index (χ2n) is 6.03. The van der Waals surface area contributed by atoms with E-state index in [1.165, 1.54) is 6.07 Å². The van der Waals surface area contributed by atoms with E-state index in [1.807, 2.05) is 0 Å². The molecule has 1 fully saturated rings. The number of nitrogen functional groups attached to an aromatic ring is 2. The highest BCUT2D eigenvalue weighted by atomic mass is 35.5. The summed E-state index contributed by atoms with van der Waals surface area (Å²) in [6, 6.07) is 1.49. The van der Waals surface area contributed by atoms with Crippen molar-refractivity contribution in [3.05, 3.63) is 16.9 Å². The molecule has 1 aliphatic rings. The Balaban J connectivity index is 2.10. The van der Waals surface area contributed by atoms with Gasteiger partial charge in [0.1, 0.15) is 5.02 Å². The van der Waals surface area contributed by atoms with Crippen molar-refractivity contribution in [2.75, 3.05) is 43.5 Å². The molecule has 0 saturated carbocycles. The molecule has 0 radical (unpaired) electrons. The van der Waals surface area contributed by atoms with Crippen LogP contribution in [0.1, 0.15) is 19.8 Å². The molecule has 0 amide bonds. The first-order valence-electron chi connectivity index (χ1n) is 6.78. The molecule has 112 valence electrons. The fourth-order valence-electron chi connectivity index (χ4n) is 2.48. The van der Waals surface area contributed by atoms with Gasteiger partial charge in [-0.15, -0.1) is 0 Å². The third-order valence-corrected chi connectivity index (χ3v) is 4.54. The highest BCUT2D eigenvalue weighted by Crippen LogP contribution is 2.36. The van der Waals surface area contributed by atoms with Gasteiger partial charge in [-0.1, -0.05) is 18.5 Å². The van der Waals surface area contributed by atoms with E-state index < -0.39 is 5.82 Å². The minimum atomic E-state index is -0.569. The van der Waals surface area contributed by atoms with Gasteiger partial charge in [-0.25, -0.2) is 4.39 Å². The first-order chi connectivity index (χ1) is 9.32. The Hall–Kier alpha value is -1.20. The van der Waals surface area contributed by atoms with Gasteiger partial charge in [-0.05, 0) is 44.5 Å². The highest BCUT2D eigenvalue weighted by Gasteiger charge is 2.29. The lowest BCUT2D eigenvalue weighted by Crippen LogP contribution is -2.40. The number of nitrogens with two attached hydrogens (primary N) is 2. The second-order valence-corrected chi connectivity index (χ2v) is 6.40. The SMILES string of the molecule is CN1CCC(C)(CNc2c(N)cc(N)c(Cl)c2F)CC1. The van der Waals surface area contributed by atoms with Crippen molar-refractivity contribution < 1.29 is 4.39 Å². The number of likely N-dealkylation sites (tertiary alicyclic amines) is 1. The number of anilines is 3. The van der Waals surface area contributed by atoms with E-state index in [1.54, 1.807) is 0 Å². The van der Waals surface area contributed by atoms with Crippen LogP contribution in [0.15, 0.2) is 6.07 Å². The summed E-state index contributed by atoms with van der Waals surface area (Å²) in [5.41, 5.74) is 12.3. The monoisotopic (exact) mass is 300 g/mol. The van der Waals surface area contributed by atoms with Gasteiger partial charge >= 0.3 is 0 Å². The summed E-state index contributed by atoms with van der Waals surface area (Å²) < 4.78 is 14.1. The molecule has 20 heavy (non-hydrogen) atoms. The predicted molar refractivity (Wildman–Crippen MR) is 83.6 cm³/mol. The van der Waals surface area contributed by atoms with Crippen molar-refractivity contribution in [3.63, 3.8) is 0 Å². The number of hydrogen-bond acceptors (Lipinski definition) is 4. The van der Waals surface area contributed by atoms with Gasteiger partial charge in [-0.2, -0.15) is 0 Å². The lowest BCUT2D eigenvalue weighted by molar-refractivity contribution is 0.150. The van der Waals surface area contributed by atoms with E-state index >= 15 is 0 Å². The third kappa shape index (κ3) is 3.10. The summed E-state index contributed by atoms with van der Waals surface area (Å²) in [6.45, 7) is 4.99. The Morgan fingerprint density at radius 2 is 1.95 bits per heavy atom. The van der Waals surface area contributed by atoms with E-state index in [-0.39, 0.29) is 21.8 Å². The van der Waals surface area contributed by atoms with Crippen LogP contribution >= 0.6 is 11.6 Å². The maximum Gasteiger partial charge on any atom is 0.169 e. The zero-order chi connectivity index (χ0) is 14.9. The predicted octanol–water partition coefficient (Wildman–Crippen LogP) is 2.79. The van der Waals surface area contributed by atoms with Crippen molar-refractivity contribution >= 4 is 28.7 Å². The summed E-state index contributed by atoms with van der Waals surface area (Å²) in [5, 5.41) is 3.04. The minimum absolute atomic E-state index is 0.0739. The topological polar surface area (TPSA) is 67.3 Å². The van der Waals surface area contributed by atoms with Crippen molar-refractivity contribution in [1.82, 2.24) is 4.90 Å². The van der Waals surface area contributed by atoms with Gasteiger partial charge in [0.05, 0.1) is 17.1 Å². The Kier molecular flexibility index (Phi) is 4.30. The van der Waals surface area contributed by atoms with Crippen LogP contribution in [0.5, 0.6) is 0 Å². The van der Waals surface area contributed by atoms with Crippen LogP contribution in [0.4, 0.5) is 21.5 Å². The van der Waals surface area contributed by atoms with Crippen LogP contribution < -0.4 is 16.8 Å². The van der Waals surface area contributed by atoms with E-state index in [0.717, 1.165) is 25.9 Å². The molecule has 6 heteroatoms. The molecule has 0 atom stereocenters. The van der Waals surface area contributed by atoms with Gasteiger partial charge in [0.2, 0.25) is 0 Å². The fraction of sp³-hybridized carbons (Fsp3) is 0.571. The Bertz CT molecular complexity index is 498. The lowest BCUT2D eigenvalue weighted by Gasteiger charge is -2.38. The highest BCUT2D eigenvalue weighted by molar-refractivity contribution is 6.33. The van der Waals surface area contributed by atoms with E-state index in [0.29, 0.717) is 12.2 Å². The molecule has 0 aliphatic carbocycles. The number of halogens is 2. The average molecular weight is 301 g/mol. The molecule has 4 nitrogen and oxygen atoms in total. The standard InChI is InChI=1S/C14H22ClFN4/c1-14(3-5-20(2)6-4-14)8-19-13-10(18)7-9(17)11(15)12(13)16/h7,19H,3-6,8,17-18H2,1-2H3. The van der Waals surface area contributed by atoms with Gasteiger partial charge in [0, 0.05) is 6.54 Å². The average Bonchev–Trinajstić information content (AvgIpc) is 2.40. The Labute approximate surface area is 124 Å². The van der Waals surface area contributed by atoms with E-state index in [4.69, 9.17) is 23.1 Å². The van der Waals surface area contributed by atoms with Crippen molar-refractivity contribution in [3.8, 4) is 0 Å². The fourth-order valence-corrected chi connectivity index (χ4v) is 2.63. The molecule has 0 spiro atoms. The summed E-state index contributed by atoms with van der Waals surface area (Å²) in [4.78, 5) is 2.30. The molecule has 0 bridgehead atoms. The first-order valence-corrected chi connectivity index (χ1v) is 7.15. The number of hydrogen-bond donors (Lipinski definition) is 3. The van der Waals surface area contributed by atoms with Crippen LogP contribution in [0.2, 0.25) is 5.02 Å². The molecule has 5 N–H and O–H groups in total. The largest absolute Gasteiger partial charge is 0.397 e. The van der Waals surface area contributed by atoms with Gasteiger partial charge in [0.25, 0.3) is 0 Å². The van der Waals surface area contributed by atoms with Gasteiger partial charge in [-0.3, -0.25) is 0 Å². The van der Waals surface area contributed by atoms with Crippen LogP contribution in [-0.4, -0.2) is 31.6 Å². The summed E-state index contributed by atoms with van der Waals surface area (Å²) in [5.74, 6) is -0.569. The van der Waals surface area contributed by atoms with E-state index in [2.05, 4.69) is 24.2 Å². The minimum Gasteiger partial charge on any atom is -0.397 e. The number of nitrogens with zero attached hydrogens (tertiary/aromatic N) is 1. The zero-order valence-electron chi connectivity index (χ0n) is 12.0. The zero-order valence-corrected chi connectivity index (χ0v) is 12.7. The first kappa shape index (κ1) is 15.2. The quantitative estimate of drug-likeness (QED) is 0.751. The molecule has 2 rings (SSSR count). The Morgan fingerprint density at radius 1 is 1.35 bits per heavy atom. The molecule has 1 heterocycles. The third-order valence-electron chi connectivity index (χ3n) is 4.15. The van der Waals surface area contributed by atoms with Crippen molar-refractivity contribution in [1.29, 1.82) is 0 Å². The molecule has 1 saturated heterocycles. The summed E-state index contributed by atoms with van der Waals surface area (Å²) in [7, 11) is 2.12. The van der Waals surface area contributed by atoms with Crippen LogP contribution in [0, 0.1) is 11.2 Å². The molecular weight excluding hydrogens is 279 g/mol. The molecule has 0 aromatic heterocycles. The molecule has 0 unspecified atom stereocenters. The van der Waals surface area contributed by atoms with Crippen LogP contribution in [0.25, 0.3) is 0 Å². The number of rotatable bonds is 3. The maximum absolute atomic E-state index is 14.1. The number of nitrogens with one attached hydrogen (secondary N) is 1. The summed E-state index contributed by atoms with van der Waals surface area (Å²) >= 11 is 5.83. The number of piperidine rings is 1. The molecule has 1 aromatic rings. The molecule has 1 aliphatic heterocycles. The summed E-state index contributed by atoms with van der Waals surface area (Å²) in [6.07, 6.45) is 2.14.